The van der Waals surface area contributed by atoms with Crippen LogP contribution >= 0.6 is 23.2 Å². The van der Waals surface area contributed by atoms with Crippen LogP contribution in [0.2, 0.25) is 10.0 Å². The topological polar surface area (TPSA) is 34.1 Å². The fraction of sp³-hybridized carbons (Fsp3) is 0.385. The molecule has 0 fully saturated rings. The van der Waals surface area contributed by atoms with Crippen molar-refractivity contribution >= 4 is 34.8 Å². The Balaban J connectivity index is 2.67. The van der Waals surface area contributed by atoms with Gasteiger partial charge in [0.15, 0.2) is 5.78 Å². The van der Waals surface area contributed by atoms with E-state index in [1.165, 1.54) is 6.07 Å². The molecule has 0 spiro atoms. The van der Waals surface area contributed by atoms with Crippen LogP contribution in [-0.4, -0.2) is 11.6 Å². The molecule has 0 amide bonds. The van der Waals surface area contributed by atoms with Crippen molar-refractivity contribution in [3.63, 3.8) is 0 Å². The normalized spacial score (nSPS) is 10.3. The number of carbonyl (C=O) groups is 2. The first-order chi connectivity index (χ1) is 8.04. The van der Waals surface area contributed by atoms with Crippen LogP contribution in [-0.2, 0) is 4.79 Å². The molecule has 0 unspecified atom stereocenters. The zero-order valence-electron chi connectivity index (χ0n) is 9.63. The second-order valence-corrected chi connectivity index (χ2v) is 4.71. The van der Waals surface area contributed by atoms with Crippen LogP contribution in [0.3, 0.4) is 0 Å². The number of hydrogen-bond acceptors (Lipinski definition) is 2. The van der Waals surface area contributed by atoms with Gasteiger partial charge >= 0.3 is 0 Å². The third kappa shape index (κ3) is 4.49. The van der Waals surface area contributed by atoms with Gasteiger partial charge in [0.2, 0.25) is 0 Å². The first-order valence-electron chi connectivity index (χ1n) is 5.54. The summed E-state index contributed by atoms with van der Waals surface area (Å²) in [5.74, 6) is -0.282. The van der Waals surface area contributed by atoms with Crippen molar-refractivity contribution in [2.45, 2.75) is 32.6 Å². The molecule has 1 aromatic rings. The highest BCUT2D eigenvalue weighted by Crippen LogP contribution is 2.22. The largest absolute Gasteiger partial charge is 0.299 e. The number of carbonyl (C=O) groups excluding carboxylic acids is 2. The van der Waals surface area contributed by atoms with Crippen LogP contribution in [0.25, 0.3) is 0 Å². The molecule has 0 saturated heterocycles. The second kappa shape index (κ2) is 6.77. The second-order valence-electron chi connectivity index (χ2n) is 3.87. The number of ketones is 2. The van der Waals surface area contributed by atoms with Gasteiger partial charge in [0.05, 0.1) is 11.4 Å². The van der Waals surface area contributed by atoms with Gasteiger partial charge in [-0.2, -0.15) is 0 Å². The Kier molecular flexibility index (Phi) is 5.66. The van der Waals surface area contributed by atoms with E-state index in [1.54, 1.807) is 12.1 Å². The minimum atomic E-state index is -0.243. The summed E-state index contributed by atoms with van der Waals surface area (Å²) in [6, 6.07) is 4.66. The third-order valence-electron chi connectivity index (χ3n) is 2.40. The molecule has 92 valence electrons. The zero-order chi connectivity index (χ0) is 12.8. The van der Waals surface area contributed by atoms with Gasteiger partial charge in [-0.15, -0.1) is 0 Å². The first-order valence-corrected chi connectivity index (χ1v) is 6.30. The van der Waals surface area contributed by atoms with Crippen molar-refractivity contribution in [1.29, 1.82) is 0 Å². The van der Waals surface area contributed by atoms with Crippen molar-refractivity contribution in [1.82, 2.24) is 0 Å². The van der Waals surface area contributed by atoms with Crippen LogP contribution < -0.4 is 0 Å². The van der Waals surface area contributed by atoms with E-state index in [4.69, 9.17) is 23.2 Å². The molecule has 4 heteroatoms. The fourth-order valence-corrected chi connectivity index (χ4v) is 1.97. The number of rotatable bonds is 6. The average molecular weight is 273 g/mol. The van der Waals surface area contributed by atoms with Crippen LogP contribution in [0.1, 0.15) is 43.0 Å². The van der Waals surface area contributed by atoms with Crippen LogP contribution in [0, 0.1) is 0 Å². The van der Waals surface area contributed by atoms with Gasteiger partial charge in [0.1, 0.15) is 5.78 Å². The predicted octanol–water partition coefficient (Wildman–Crippen LogP) is 4.33. The molecule has 0 N–H and O–H groups in total. The summed E-state index contributed by atoms with van der Waals surface area (Å²) in [6.07, 6.45) is 2.14. The van der Waals surface area contributed by atoms with Crippen molar-refractivity contribution in [2.75, 3.05) is 0 Å². The maximum atomic E-state index is 11.8. The molecule has 0 radical (unpaired) electrons. The van der Waals surface area contributed by atoms with Crippen LogP contribution in [0.5, 0.6) is 0 Å². The SMILES string of the molecule is CCCCC(=O)CC(=O)c1ccc(Cl)cc1Cl. The molecule has 0 atom stereocenters. The molecule has 17 heavy (non-hydrogen) atoms. The Hall–Kier alpha value is -0.860. The minimum absolute atomic E-state index is 0.0390. The standard InChI is InChI=1S/C13H14Cl2O2/c1-2-3-4-10(16)8-13(17)11-6-5-9(14)7-12(11)15/h5-7H,2-4,8H2,1H3. The lowest BCUT2D eigenvalue weighted by Crippen LogP contribution is -2.08. The van der Waals surface area contributed by atoms with Gasteiger partial charge in [0, 0.05) is 17.0 Å². The number of unbranched alkanes of at least 4 members (excludes halogenated alkanes) is 1. The van der Waals surface area contributed by atoms with Crippen molar-refractivity contribution in [2.24, 2.45) is 0 Å². The molecule has 2 nitrogen and oxygen atoms in total. The third-order valence-corrected chi connectivity index (χ3v) is 2.95. The van der Waals surface area contributed by atoms with E-state index >= 15 is 0 Å². The number of Topliss-reactive ketones (excluding diaryl/α,β-unsaturated/α-hetero) is 2. The van der Waals surface area contributed by atoms with E-state index in [9.17, 15) is 9.59 Å². The Morgan fingerprint density at radius 1 is 1.24 bits per heavy atom. The smallest absolute Gasteiger partial charge is 0.171 e. The predicted molar refractivity (Wildman–Crippen MR) is 69.9 cm³/mol. The number of benzene rings is 1. The van der Waals surface area contributed by atoms with Crippen molar-refractivity contribution in [3.05, 3.63) is 33.8 Å². The van der Waals surface area contributed by atoms with E-state index in [-0.39, 0.29) is 18.0 Å². The van der Waals surface area contributed by atoms with Gasteiger partial charge in [-0.25, -0.2) is 0 Å². The van der Waals surface area contributed by atoms with Crippen LogP contribution in [0.4, 0.5) is 0 Å². The van der Waals surface area contributed by atoms with Crippen LogP contribution in [0.15, 0.2) is 18.2 Å². The summed E-state index contributed by atoms with van der Waals surface area (Å²) in [7, 11) is 0. The Morgan fingerprint density at radius 3 is 2.53 bits per heavy atom. The molecular formula is C13H14Cl2O2. The molecule has 0 aliphatic carbocycles. The zero-order valence-corrected chi connectivity index (χ0v) is 11.1. The minimum Gasteiger partial charge on any atom is -0.299 e. The quantitative estimate of drug-likeness (QED) is 0.571. The van der Waals surface area contributed by atoms with Crippen molar-refractivity contribution < 1.29 is 9.59 Å². The molecule has 0 bridgehead atoms. The first kappa shape index (κ1) is 14.2. The van der Waals surface area contributed by atoms with Crippen molar-refractivity contribution in [3.8, 4) is 0 Å². The van der Waals surface area contributed by atoms with Gasteiger partial charge in [0.25, 0.3) is 0 Å². The number of hydrogen-bond donors (Lipinski definition) is 0. The van der Waals surface area contributed by atoms with Gasteiger partial charge in [-0.05, 0) is 24.6 Å². The molecule has 0 heterocycles. The Morgan fingerprint density at radius 2 is 1.94 bits per heavy atom. The summed E-state index contributed by atoms with van der Waals surface area (Å²) in [6.45, 7) is 2.01. The molecule has 0 aromatic heterocycles. The fourth-order valence-electron chi connectivity index (χ4n) is 1.45. The lowest BCUT2D eigenvalue weighted by molar-refractivity contribution is -0.118. The molecule has 1 aromatic carbocycles. The molecule has 0 aliphatic rings. The van der Waals surface area contributed by atoms with E-state index in [0.29, 0.717) is 22.0 Å². The Bertz CT molecular complexity index is 427. The van der Waals surface area contributed by atoms with Gasteiger partial charge < -0.3 is 0 Å². The average Bonchev–Trinajstić information content (AvgIpc) is 2.26. The summed E-state index contributed by atoms with van der Waals surface area (Å²) in [5, 5.41) is 0.773. The monoisotopic (exact) mass is 272 g/mol. The summed E-state index contributed by atoms with van der Waals surface area (Å²) in [4.78, 5) is 23.3. The lowest BCUT2D eigenvalue weighted by Gasteiger charge is -2.03. The maximum Gasteiger partial charge on any atom is 0.171 e. The molecule has 1 rings (SSSR count). The van der Waals surface area contributed by atoms with E-state index in [2.05, 4.69) is 0 Å². The van der Waals surface area contributed by atoms with Gasteiger partial charge in [-0.1, -0.05) is 36.5 Å². The van der Waals surface area contributed by atoms with E-state index in [1.807, 2.05) is 6.92 Å². The highest BCUT2D eigenvalue weighted by Gasteiger charge is 2.14. The molecular weight excluding hydrogens is 259 g/mol. The lowest BCUT2D eigenvalue weighted by atomic mass is 10.0. The highest BCUT2D eigenvalue weighted by molar-refractivity contribution is 6.37. The Labute approximate surface area is 111 Å². The summed E-state index contributed by atoms with van der Waals surface area (Å²) in [5.41, 5.74) is 0.362. The number of halogens is 2. The summed E-state index contributed by atoms with van der Waals surface area (Å²) >= 11 is 11.6. The summed E-state index contributed by atoms with van der Waals surface area (Å²) < 4.78 is 0. The molecule has 0 aliphatic heterocycles. The van der Waals surface area contributed by atoms with Gasteiger partial charge in [-0.3, -0.25) is 9.59 Å². The van der Waals surface area contributed by atoms with E-state index < -0.39 is 0 Å². The molecule has 0 saturated carbocycles. The highest BCUT2D eigenvalue weighted by atomic mass is 35.5. The van der Waals surface area contributed by atoms with E-state index in [0.717, 1.165) is 12.8 Å². The maximum absolute atomic E-state index is 11.8.